The van der Waals surface area contributed by atoms with Gasteiger partial charge in [0.05, 0.1) is 6.04 Å². The lowest BCUT2D eigenvalue weighted by Crippen LogP contribution is -2.44. The Kier molecular flexibility index (Phi) is 6.46. The van der Waals surface area contributed by atoms with E-state index in [0.29, 0.717) is 0 Å². The van der Waals surface area contributed by atoms with Gasteiger partial charge in [0.15, 0.2) is 0 Å². The Bertz CT molecular complexity index is 202. The lowest BCUT2D eigenvalue weighted by Gasteiger charge is -2.27. The zero-order chi connectivity index (χ0) is 11.8. The Morgan fingerprint density at radius 1 is 1.38 bits per heavy atom. The lowest BCUT2D eigenvalue weighted by atomic mass is 9.85. The van der Waals surface area contributed by atoms with Gasteiger partial charge in [-0.25, -0.2) is 0 Å². The van der Waals surface area contributed by atoms with Crippen molar-refractivity contribution in [3.63, 3.8) is 0 Å². The molecule has 1 aliphatic carbocycles. The van der Waals surface area contributed by atoms with Crippen LogP contribution in [0.4, 0.5) is 0 Å². The van der Waals surface area contributed by atoms with E-state index in [1.165, 1.54) is 32.1 Å². The quantitative estimate of drug-likeness (QED) is 0.622. The minimum Gasteiger partial charge on any atom is -0.355 e. The highest BCUT2D eigenvalue weighted by molar-refractivity contribution is 5.81. The van der Waals surface area contributed by atoms with Gasteiger partial charge in [0.1, 0.15) is 0 Å². The van der Waals surface area contributed by atoms with Crippen LogP contribution in [-0.4, -0.2) is 25.0 Å². The van der Waals surface area contributed by atoms with Crippen LogP contribution in [0.15, 0.2) is 0 Å². The summed E-state index contributed by atoms with van der Waals surface area (Å²) in [6.45, 7) is 5.95. The van der Waals surface area contributed by atoms with Gasteiger partial charge in [0, 0.05) is 6.54 Å². The molecule has 1 saturated carbocycles. The van der Waals surface area contributed by atoms with Crippen LogP contribution in [0.3, 0.4) is 0 Å². The minimum absolute atomic E-state index is 0.0396. The highest BCUT2D eigenvalue weighted by atomic mass is 16.2. The molecule has 1 unspecified atom stereocenters. The Morgan fingerprint density at radius 3 is 2.69 bits per heavy atom. The van der Waals surface area contributed by atoms with E-state index in [-0.39, 0.29) is 11.9 Å². The Labute approximate surface area is 99.4 Å². The molecule has 16 heavy (non-hydrogen) atoms. The first-order valence-corrected chi connectivity index (χ1v) is 6.75. The van der Waals surface area contributed by atoms with Crippen molar-refractivity contribution in [1.82, 2.24) is 10.6 Å². The third-order valence-electron chi connectivity index (χ3n) is 3.41. The summed E-state index contributed by atoms with van der Waals surface area (Å²) >= 11 is 0. The molecule has 0 aromatic rings. The first kappa shape index (κ1) is 13.5. The summed E-state index contributed by atoms with van der Waals surface area (Å²) in [6.07, 6.45) is 7.52. The van der Waals surface area contributed by atoms with Crippen LogP contribution in [0.1, 0.15) is 52.4 Å². The molecule has 0 radical (unpaired) electrons. The molecule has 3 nitrogen and oxygen atoms in total. The van der Waals surface area contributed by atoms with Crippen molar-refractivity contribution in [2.24, 2.45) is 5.92 Å². The van der Waals surface area contributed by atoms with Crippen LogP contribution in [0.5, 0.6) is 0 Å². The van der Waals surface area contributed by atoms with Crippen LogP contribution in [0.25, 0.3) is 0 Å². The van der Waals surface area contributed by atoms with E-state index in [0.717, 1.165) is 25.4 Å². The van der Waals surface area contributed by atoms with Gasteiger partial charge >= 0.3 is 0 Å². The average molecular weight is 226 g/mol. The van der Waals surface area contributed by atoms with Crippen LogP contribution in [-0.2, 0) is 4.79 Å². The number of hydrogen-bond acceptors (Lipinski definition) is 2. The van der Waals surface area contributed by atoms with Crippen molar-refractivity contribution >= 4 is 5.91 Å². The van der Waals surface area contributed by atoms with Crippen LogP contribution in [0.2, 0.25) is 0 Å². The maximum atomic E-state index is 11.7. The Hall–Kier alpha value is -0.570. The second kappa shape index (κ2) is 7.66. The minimum atomic E-state index is -0.0396. The second-order valence-corrected chi connectivity index (χ2v) is 4.92. The Balaban J connectivity index is 2.00. The molecule has 0 saturated heterocycles. The van der Waals surface area contributed by atoms with Crippen molar-refractivity contribution in [2.75, 3.05) is 13.1 Å². The second-order valence-electron chi connectivity index (χ2n) is 4.92. The van der Waals surface area contributed by atoms with Gasteiger partial charge in [-0.15, -0.1) is 0 Å². The number of carbonyl (C=O) groups excluding carboxylic acids is 1. The van der Waals surface area contributed by atoms with E-state index in [1.54, 1.807) is 0 Å². The molecule has 0 spiro atoms. The van der Waals surface area contributed by atoms with E-state index < -0.39 is 0 Å². The molecule has 0 aliphatic heterocycles. The SMILES string of the molecule is CCCCCNC(=O)C(C)NCC1CCC1. The average Bonchev–Trinajstić information content (AvgIpc) is 2.21. The van der Waals surface area contributed by atoms with Gasteiger partial charge in [-0.2, -0.15) is 0 Å². The molecule has 2 N–H and O–H groups in total. The third-order valence-corrected chi connectivity index (χ3v) is 3.41. The molecule has 1 aliphatic rings. The number of unbranched alkanes of at least 4 members (excludes halogenated alkanes) is 2. The number of nitrogens with one attached hydrogen (secondary N) is 2. The summed E-state index contributed by atoms with van der Waals surface area (Å²) in [7, 11) is 0. The van der Waals surface area contributed by atoms with Gasteiger partial charge in [-0.05, 0) is 38.6 Å². The molecule has 1 atom stereocenters. The molecule has 0 bridgehead atoms. The monoisotopic (exact) mass is 226 g/mol. The zero-order valence-corrected chi connectivity index (χ0v) is 10.7. The number of hydrogen-bond donors (Lipinski definition) is 2. The van der Waals surface area contributed by atoms with Gasteiger partial charge in [-0.1, -0.05) is 26.2 Å². The predicted molar refractivity (Wildman–Crippen MR) is 67.3 cm³/mol. The molecule has 94 valence electrons. The summed E-state index contributed by atoms with van der Waals surface area (Å²) in [5.74, 6) is 0.964. The fourth-order valence-electron chi connectivity index (χ4n) is 1.87. The van der Waals surface area contributed by atoms with Crippen molar-refractivity contribution in [2.45, 2.75) is 58.4 Å². The first-order chi connectivity index (χ1) is 7.74. The molecular formula is C13H26N2O. The lowest BCUT2D eigenvalue weighted by molar-refractivity contribution is -0.122. The van der Waals surface area contributed by atoms with Gasteiger partial charge in [0.2, 0.25) is 5.91 Å². The predicted octanol–water partition coefficient (Wildman–Crippen LogP) is 2.07. The molecule has 1 fully saturated rings. The van der Waals surface area contributed by atoms with Gasteiger partial charge in [0.25, 0.3) is 0 Å². The molecule has 0 aromatic carbocycles. The number of amides is 1. The summed E-state index contributed by atoms with van der Waals surface area (Å²) < 4.78 is 0. The van der Waals surface area contributed by atoms with Crippen molar-refractivity contribution in [3.8, 4) is 0 Å². The van der Waals surface area contributed by atoms with Crippen molar-refractivity contribution < 1.29 is 4.79 Å². The summed E-state index contributed by atoms with van der Waals surface area (Å²) in [5.41, 5.74) is 0. The van der Waals surface area contributed by atoms with E-state index in [1.807, 2.05) is 6.92 Å². The van der Waals surface area contributed by atoms with E-state index in [4.69, 9.17) is 0 Å². The summed E-state index contributed by atoms with van der Waals surface area (Å²) in [6, 6.07) is -0.0396. The highest BCUT2D eigenvalue weighted by Crippen LogP contribution is 2.25. The van der Waals surface area contributed by atoms with Crippen molar-refractivity contribution in [3.05, 3.63) is 0 Å². The topological polar surface area (TPSA) is 41.1 Å². The highest BCUT2D eigenvalue weighted by Gasteiger charge is 2.19. The van der Waals surface area contributed by atoms with Gasteiger partial charge in [-0.3, -0.25) is 4.79 Å². The summed E-state index contributed by atoms with van der Waals surface area (Å²) in [4.78, 5) is 11.7. The first-order valence-electron chi connectivity index (χ1n) is 6.75. The standard InChI is InChI=1S/C13H26N2O/c1-3-4-5-9-14-13(16)11(2)15-10-12-7-6-8-12/h11-12,15H,3-10H2,1-2H3,(H,14,16). The molecular weight excluding hydrogens is 200 g/mol. The van der Waals surface area contributed by atoms with Gasteiger partial charge < -0.3 is 10.6 Å². The smallest absolute Gasteiger partial charge is 0.236 e. The van der Waals surface area contributed by atoms with E-state index in [2.05, 4.69) is 17.6 Å². The van der Waals surface area contributed by atoms with E-state index in [9.17, 15) is 4.79 Å². The molecule has 0 heterocycles. The number of rotatable bonds is 8. The number of carbonyl (C=O) groups is 1. The van der Waals surface area contributed by atoms with Crippen LogP contribution >= 0.6 is 0 Å². The molecule has 3 heteroatoms. The maximum Gasteiger partial charge on any atom is 0.236 e. The third kappa shape index (κ3) is 4.97. The summed E-state index contributed by atoms with van der Waals surface area (Å²) in [5, 5.41) is 6.29. The van der Waals surface area contributed by atoms with E-state index >= 15 is 0 Å². The molecule has 1 rings (SSSR count). The fourth-order valence-corrected chi connectivity index (χ4v) is 1.87. The van der Waals surface area contributed by atoms with Crippen molar-refractivity contribution in [1.29, 1.82) is 0 Å². The Morgan fingerprint density at radius 2 is 2.12 bits per heavy atom. The normalized spacial score (nSPS) is 17.9. The molecule has 0 aromatic heterocycles. The van der Waals surface area contributed by atoms with Crippen LogP contribution in [0, 0.1) is 5.92 Å². The fraction of sp³-hybridized carbons (Fsp3) is 0.923. The maximum absolute atomic E-state index is 11.7. The molecule has 1 amide bonds. The largest absolute Gasteiger partial charge is 0.355 e. The van der Waals surface area contributed by atoms with Crippen LogP contribution < -0.4 is 10.6 Å². The zero-order valence-electron chi connectivity index (χ0n) is 10.7.